The minimum atomic E-state index is -0.337. The molecule has 0 aromatic carbocycles. The lowest BCUT2D eigenvalue weighted by Gasteiger charge is -1.95. The van der Waals surface area contributed by atoms with Gasteiger partial charge in [-0.3, -0.25) is 0 Å². The summed E-state index contributed by atoms with van der Waals surface area (Å²) in [6, 6.07) is 0. The largest absolute Gasteiger partial charge is 0.375 e. The molecule has 0 spiro atoms. The summed E-state index contributed by atoms with van der Waals surface area (Å²) in [6.07, 6.45) is 3.05. The molecule has 14 heavy (non-hydrogen) atoms. The topological polar surface area (TPSA) is 56.7 Å². The van der Waals surface area contributed by atoms with Gasteiger partial charge in [0.05, 0.1) is 16.6 Å². The van der Waals surface area contributed by atoms with Crippen LogP contribution in [-0.4, -0.2) is 14.8 Å². The van der Waals surface area contributed by atoms with Crippen LogP contribution in [0.25, 0.3) is 10.4 Å². The Labute approximate surface area is 84.2 Å². The van der Waals surface area contributed by atoms with Crippen LogP contribution in [0.2, 0.25) is 0 Å². The Bertz CT molecular complexity index is 448. The smallest absolute Gasteiger partial charge is 0.220 e. The molecule has 0 saturated carbocycles. The Morgan fingerprint density at radius 1 is 1.57 bits per heavy atom. The van der Waals surface area contributed by atoms with Gasteiger partial charge in [0.25, 0.3) is 0 Å². The Hall–Kier alpha value is -1.43. The monoisotopic (exact) mass is 212 g/mol. The van der Waals surface area contributed by atoms with Crippen LogP contribution in [-0.2, 0) is 6.54 Å². The van der Waals surface area contributed by atoms with Crippen molar-refractivity contribution in [1.29, 1.82) is 0 Å². The van der Waals surface area contributed by atoms with E-state index < -0.39 is 0 Å². The van der Waals surface area contributed by atoms with Crippen LogP contribution in [0.1, 0.15) is 6.92 Å². The predicted octanol–water partition coefficient (Wildman–Crippen LogP) is 1.75. The number of halogens is 1. The maximum Gasteiger partial charge on any atom is 0.220 e. The van der Waals surface area contributed by atoms with Gasteiger partial charge in [-0.2, -0.15) is 9.49 Å². The van der Waals surface area contributed by atoms with E-state index in [2.05, 4.69) is 10.1 Å². The maximum absolute atomic E-state index is 13.6. The van der Waals surface area contributed by atoms with E-state index in [0.717, 1.165) is 0 Å². The van der Waals surface area contributed by atoms with Gasteiger partial charge in [0.15, 0.2) is 5.13 Å². The molecular weight excluding hydrogens is 203 g/mol. The Kier molecular flexibility index (Phi) is 2.20. The van der Waals surface area contributed by atoms with E-state index in [4.69, 9.17) is 5.73 Å². The van der Waals surface area contributed by atoms with Gasteiger partial charge in [-0.05, 0) is 6.92 Å². The van der Waals surface area contributed by atoms with Crippen molar-refractivity contribution in [3.8, 4) is 10.4 Å². The summed E-state index contributed by atoms with van der Waals surface area (Å²) in [5, 5.41) is 4.33. The standard InChI is InChI=1S/C8H9FN4S/c1-2-13-7(9)5(3-12-13)6-4-11-8(10)14-6/h3-4H,2H2,1H3,(H2,10,11). The Morgan fingerprint density at radius 3 is 2.86 bits per heavy atom. The third-order valence-corrected chi connectivity index (χ3v) is 2.72. The molecule has 6 heteroatoms. The second kappa shape index (κ2) is 3.38. The van der Waals surface area contributed by atoms with Gasteiger partial charge >= 0.3 is 0 Å². The number of nitrogens with two attached hydrogens (primary N) is 1. The van der Waals surface area contributed by atoms with Crippen molar-refractivity contribution in [3.63, 3.8) is 0 Å². The minimum absolute atomic E-state index is 0.337. The van der Waals surface area contributed by atoms with Crippen LogP contribution in [0, 0.1) is 5.95 Å². The number of aromatic nitrogens is 3. The van der Waals surface area contributed by atoms with Gasteiger partial charge in [0.2, 0.25) is 5.95 Å². The summed E-state index contributed by atoms with van der Waals surface area (Å²) in [4.78, 5) is 4.57. The molecule has 2 N–H and O–H groups in total. The quantitative estimate of drug-likeness (QED) is 0.825. The molecular formula is C8H9FN4S. The fraction of sp³-hybridized carbons (Fsp3) is 0.250. The summed E-state index contributed by atoms with van der Waals surface area (Å²) < 4.78 is 14.9. The lowest BCUT2D eigenvalue weighted by Crippen LogP contribution is -1.99. The van der Waals surface area contributed by atoms with Gasteiger partial charge in [-0.15, -0.1) is 0 Å². The first-order valence-electron chi connectivity index (χ1n) is 4.15. The number of aryl methyl sites for hydroxylation is 1. The highest BCUT2D eigenvalue weighted by atomic mass is 32.1. The molecule has 0 unspecified atom stereocenters. The molecule has 0 atom stereocenters. The number of rotatable bonds is 2. The number of nitrogens with zero attached hydrogens (tertiary/aromatic N) is 3. The molecule has 2 rings (SSSR count). The van der Waals surface area contributed by atoms with Crippen LogP contribution in [0.15, 0.2) is 12.4 Å². The van der Waals surface area contributed by atoms with Crippen molar-refractivity contribution < 1.29 is 4.39 Å². The third-order valence-electron chi connectivity index (χ3n) is 1.86. The highest BCUT2D eigenvalue weighted by Gasteiger charge is 2.13. The van der Waals surface area contributed by atoms with Gasteiger partial charge < -0.3 is 5.73 Å². The molecule has 0 fully saturated rings. The SMILES string of the molecule is CCn1ncc(-c2cnc(N)s2)c1F. The summed E-state index contributed by atoms with van der Waals surface area (Å²) in [5.41, 5.74) is 5.92. The van der Waals surface area contributed by atoms with Crippen molar-refractivity contribution in [1.82, 2.24) is 14.8 Å². The highest BCUT2D eigenvalue weighted by Crippen LogP contribution is 2.28. The zero-order valence-electron chi connectivity index (χ0n) is 7.57. The number of thiazole rings is 1. The Balaban J connectivity index is 2.46. The normalized spacial score (nSPS) is 10.7. The number of nitrogen functional groups attached to an aromatic ring is 1. The summed E-state index contributed by atoms with van der Waals surface area (Å²) in [5.74, 6) is -0.337. The maximum atomic E-state index is 13.6. The van der Waals surface area contributed by atoms with E-state index in [0.29, 0.717) is 22.1 Å². The minimum Gasteiger partial charge on any atom is -0.375 e. The molecule has 0 amide bonds. The first-order chi connectivity index (χ1) is 6.72. The van der Waals surface area contributed by atoms with Crippen molar-refractivity contribution in [2.45, 2.75) is 13.5 Å². The zero-order chi connectivity index (χ0) is 10.1. The van der Waals surface area contributed by atoms with Gasteiger partial charge in [0, 0.05) is 12.7 Å². The van der Waals surface area contributed by atoms with Crippen LogP contribution in [0.5, 0.6) is 0 Å². The second-order valence-electron chi connectivity index (χ2n) is 2.73. The molecule has 2 aromatic heterocycles. The summed E-state index contributed by atoms with van der Waals surface area (Å²) in [7, 11) is 0. The van der Waals surface area contributed by atoms with E-state index in [9.17, 15) is 4.39 Å². The van der Waals surface area contributed by atoms with Crippen LogP contribution >= 0.6 is 11.3 Å². The van der Waals surface area contributed by atoms with Crippen LogP contribution in [0.4, 0.5) is 9.52 Å². The fourth-order valence-corrected chi connectivity index (χ4v) is 1.85. The van der Waals surface area contributed by atoms with E-state index in [1.54, 1.807) is 6.20 Å². The van der Waals surface area contributed by atoms with E-state index in [1.807, 2.05) is 6.92 Å². The lowest BCUT2D eigenvalue weighted by atomic mass is 10.3. The molecule has 2 heterocycles. The molecule has 0 bridgehead atoms. The molecule has 0 aliphatic carbocycles. The van der Waals surface area contributed by atoms with Gasteiger partial charge in [-0.25, -0.2) is 9.67 Å². The van der Waals surface area contributed by atoms with Crippen molar-refractivity contribution in [3.05, 3.63) is 18.3 Å². The van der Waals surface area contributed by atoms with E-state index in [1.165, 1.54) is 22.2 Å². The van der Waals surface area contributed by atoms with Gasteiger partial charge in [-0.1, -0.05) is 11.3 Å². The average molecular weight is 212 g/mol. The first-order valence-corrected chi connectivity index (χ1v) is 4.97. The summed E-state index contributed by atoms with van der Waals surface area (Å²) in [6.45, 7) is 2.35. The molecule has 0 aliphatic heterocycles. The highest BCUT2D eigenvalue weighted by molar-refractivity contribution is 7.18. The second-order valence-corrected chi connectivity index (χ2v) is 3.79. The molecule has 0 aliphatic rings. The zero-order valence-corrected chi connectivity index (χ0v) is 8.38. The van der Waals surface area contributed by atoms with Crippen LogP contribution in [0.3, 0.4) is 0 Å². The lowest BCUT2D eigenvalue weighted by molar-refractivity contribution is 0.473. The van der Waals surface area contributed by atoms with E-state index in [-0.39, 0.29) is 5.95 Å². The molecule has 4 nitrogen and oxygen atoms in total. The number of hydrogen-bond acceptors (Lipinski definition) is 4. The van der Waals surface area contributed by atoms with Crippen molar-refractivity contribution in [2.75, 3.05) is 5.73 Å². The molecule has 0 radical (unpaired) electrons. The fourth-order valence-electron chi connectivity index (χ4n) is 1.17. The molecule has 74 valence electrons. The third kappa shape index (κ3) is 1.37. The average Bonchev–Trinajstić information content (AvgIpc) is 2.72. The first kappa shape index (κ1) is 9.14. The van der Waals surface area contributed by atoms with Crippen molar-refractivity contribution >= 4 is 16.5 Å². The van der Waals surface area contributed by atoms with Gasteiger partial charge in [0.1, 0.15) is 0 Å². The van der Waals surface area contributed by atoms with E-state index >= 15 is 0 Å². The van der Waals surface area contributed by atoms with Crippen LogP contribution < -0.4 is 5.73 Å². The molecule has 2 aromatic rings. The van der Waals surface area contributed by atoms with Crippen molar-refractivity contribution in [2.24, 2.45) is 0 Å². The predicted molar refractivity (Wildman–Crippen MR) is 53.4 cm³/mol. The summed E-state index contributed by atoms with van der Waals surface area (Å²) >= 11 is 1.25. The number of hydrogen-bond donors (Lipinski definition) is 1. The Morgan fingerprint density at radius 2 is 2.36 bits per heavy atom. The number of anilines is 1. The molecule has 0 saturated heterocycles.